The number of carboxylic acid groups (broad SMARTS) is 1. The maximum absolute atomic E-state index is 11.4. The average molecular weight is 247 g/mol. The Bertz CT molecular complexity index is 486. The molecule has 2 rings (SSSR count). The summed E-state index contributed by atoms with van der Waals surface area (Å²) in [6.45, 7) is 0.606. The van der Waals surface area contributed by atoms with Crippen molar-refractivity contribution in [1.29, 1.82) is 0 Å². The maximum atomic E-state index is 11.4. The van der Waals surface area contributed by atoms with Crippen molar-refractivity contribution < 1.29 is 9.90 Å². The van der Waals surface area contributed by atoms with E-state index < -0.39 is 17.1 Å². The SMILES string of the molecule is O=C(O)c1c(Cl)n2c(nc1=O)SCCC2. The first kappa shape index (κ1) is 10.5. The van der Waals surface area contributed by atoms with Gasteiger partial charge in [0.1, 0.15) is 5.15 Å². The molecular formula is C8H7ClN2O3S. The van der Waals surface area contributed by atoms with Crippen molar-refractivity contribution in [3.05, 3.63) is 21.1 Å². The van der Waals surface area contributed by atoms with E-state index in [1.54, 1.807) is 4.57 Å². The summed E-state index contributed by atoms with van der Waals surface area (Å²) in [5.74, 6) is -0.460. The van der Waals surface area contributed by atoms with E-state index in [1.165, 1.54) is 11.8 Å². The van der Waals surface area contributed by atoms with E-state index in [1.807, 2.05) is 0 Å². The minimum atomic E-state index is -1.33. The van der Waals surface area contributed by atoms with Crippen molar-refractivity contribution in [3.63, 3.8) is 0 Å². The van der Waals surface area contributed by atoms with Crippen LogP contribution in [0.25, 0.3) is 0 Å². The van der Waals surface area contributed by atoms with E-state index in [9.17, 15) is 9.59 Å². The van der Waals surface area contributed by atoms with E-state index in [0.29, 0.717) is 11.7 Å². The average Bonchev–Trinajstić information content (AvgIpc) is 2.17. The lowest BCUT2D eigenvalue weighted by Gasteiger charge is -2.18. The molecule has 1 aromatic rings. The lowest BCUT2D eigenvalue weighted by Crippen LogP contribution is -2.26. The Morgan fingerprint density at radius 2 is 2.33 bits per heavy atom. The summed E-state index contributed by atoms with van der Waals surface area (Å²) >= 11 is 7.27. The van der Waals surface area contributed by atoms with Gasteiger partial charge in [-0.15, -0.1) is 0 Å². The summed E-state index contributed by atoms with van der Waals surface area (Å²) in [4.78, 5) is 25.8. The molecule has 0 unspecified atom stereocenters. The Morgan fingerprint density at radius 3 is 3.00 bits per heavy atom. The lowest BCUT2D eigenvalue weighted by atomic mass is 10.3. The number of fused-ring (bicyclic) bond motifs is 1. The van der Waals surface area contributed by atoms with Gasteiger partial charge in [0.2, 0.25) is 0 Å². The Morgan fingerprint density at radius 1 is 1.60 bits per heavy atom. The van der Waals surface area contributed by atoms with E-state index in [4.69, 9.17) is 16.7 Å². The van der Waals surface area contributed by atoms with Crippen LogP contribution in [0.4, 0.5) is 0 Å². The van der Waals surface area contributed by atoms with Gasteiger partial charge in [-0.2, -0.15) is 4.98 Å². The predicted octanol–water partition coefficient (Wildman–Crippen LogP) is 1.09. The summed E-state index contributed by atoms with van der Waals surface area (Å²) in [6.07, 6.45) is 0.890. The molecule has 0 atom stereocenters. The molecular weight excluding hydrogens is 240 g/mol. The van der Waals surface area contributed by atoms with E-state index in [-0.39, 0.29) is 5.15 Å². The zero-order valence-electron chi connectivity index (χ0n) is 7.57. The van der Waals surface area contributed by atoms with Crippen LogP contribution in [0.5, 0.6) is 0 Å². The van der Waals surface area contributed by atoms with Crippen LogP contribution in [-0.4, -0.2) is 26.4 Å². The molecule has 1 N–H and O–H groups in total. The highest BCUT2D eigenvalue weighted by molar-refractivity contribution is 7.99. The molecule has 1 aromatic heterocycles. The number of carboxylic acids is 1. The van der Waals surface area contributed by atoms with Crippen LogP contribution < -0.4 is 5.56 Å². The fourth-order valence-electron chi connectivity index (χ4n) is 1.38. The number of thioether (sulfide) groups is 1. The third-order valence-corrected chi connectivity index (χ3v) is 3.51. The van der Waals surface area contributed by atoms with Gasteiger partial charge in [-0.25, -0.2) is 4.79 Å². The summed E-state index contributed by atoms with van der Waals surface area (Å²) < 4.78 is 1.57. The molecule has 0 saturated carbocycles. The first-order valence-electron chi connectivity index (χ1n) is 4.27. The van der Waals surface area contributed by atoms with Crippen molar-refractivity contribution in [3.8, 4) is 0 Å². The second-order valence-electron chi connectivity index (χ2n) is 3.02. The van der Waals surface area contributed by atoms with E-state index >= 15 is 0 Å². The molecule has 1 aliphatic heterocycles. The van der Waals surface area contributed by atoms with Crippen LogP contribution in [-0.2, 0) is 6.54 Å². The van der Waals surface area contributed by atoms with Crippen LogP contribution in [0.3, 0.4) is 0 Å². The topological polar surface area (TPSA) is 72.2 Å². The number of carbonyl (C=O) groups is 1. The van der Waals surface area contributed by atoms with Gasteiger partial charge >= 0.3 is 5.97 Å². The minimum absolute atomic E-state index is 0.0234. The Kier molecular flexibility index (Phi) is 2.70. The summed E-state index contributed by atoms with van der Waals surface area (Å²) in [7, 11) is 0. The first-order chi connectivity index (χ1) is 7.11. The van der Waals surface area contributed by atoms with Gasteiger partial charge in [0, 0.05) is 12.3 Å². The molecule has 2 heterocycles. The monoisotopic (exact) mass is 246 g/mol. The zero-order chi connectivity index (χ0) is 11.0. The number of halogens is 1. The molecule has 15 heavy (non-hydrogen) atoms. The second-order valence-corrected chi connectivity index (χ2v) is 4.44. The van der Waals surface area contributed by atoms with Crippen LogP contribution in [0, 0.1) is 0 Å². The normalized spacial score (nSPS) is 14.7. The summed E-state index contributed by atoms with van der Waals surface area (Å²) in [5.41, 5.74) is -1.21. The van der Waals surface area contributed by atoms with Crippen molar-refractivity contribution in [2.45, 2.75) is 18.1 Å². The molecule has 0 radical (unpaired) electrons. The van der Waals surface area contributed by atoms with Crippen LogP contribution >= 0.6 is 23.4 Å². The first-order valence-corrected chi connectivity index (χ1v) is 5.64. The molecule has 0 spiro atoms. The molecule has 1 aliphatic rings. The summed E-state index contributed by atoms with van der Waals surface area (Å²) in [5, 5.41) is 9.28. The van der Waals surface area contributed by atoms with Gasteiger partial charge < -0.3 is 9.67 Å². The highest BCUT2D eigenvalue weighted by Crippen LogP contribution is 2.26. The van der Waals surface area contributed by atoms with Gasteiger partial charge in [-0.05, 0) is 6.42 Å². The maximum Gasteiger partial charge on any atom is 0.344 e. The molecule has 0 bridgehead atoms. The number of nitrogens with zero attached hydrogens (tertiary/aromatic N) is 2. The van der Waals surface area contributed by atoms with Crippen molar-refractivity contribution in [2.75, 3.05) is 5.75 Å². The standard InChI is InChI=1S/C8H7ClN2O3S/c9-5-4(7(13)14)6(12)10-8-11(5)2-1-3-15-8/h1-3H2,(H,13,14). The Hall–Kier alpha value is -1.01. The summed E-state index contributed by atoms with van der Waals surface area (Å²) in [6, 6.07) is 0. The zero-order valence-corrected chi connectivity index (χ0v) is 9.14. The minimum Gasteiger partial charge on any atom is -0.477 e. The third-order valence-electron chi connectivity index (χ3n) is 2.06. The van der Waals surface area contributed by atoms with Crippen molar-refractivity contribution in [1.82, 2.24) is 9.55 Å². The molecule has 0 fully saturated rings. The van der Waals surface area contributed by atoms with Gasteiger partial charge in [0.25, 0.3) is 5.56 Å². The van der Waals surface area contributed by atoms with Gasteiger partial charge in [0.15, 0.2) is 10.7 Å². The smallest absolute Gasteiger partial charge is 0.344 e. The second kappa shape index (κ2) is 3.86. The number of hydrogen-bond donors (Lipinski definition) is 1. The van der Waals surface area contributed by atoms with Crippen molar-refractivity contribution in [2.24, 2.45) is 0 Å². The van der Waals surface area contributed by atoms with Crippen LogP contribution in [0.15, 0.2) is 9.95 Å². The number of rotatable bonds is 1. The molecule has 0 saturated heterocycles. The quantitative estimate of drug-likeness (QED) is 0.593. The molecule has 0 aliphatic carbocycles. The number of aromatic nitrogens is 2. The van der Waals surface area contributed by atoms with Crippen LogP contribution in [0.2, 0.25) is 5.15 Å². The van der Waals surface area contributed by atoms with Gasteiger partial charge in [-0.3, -0.25) is 4.79 Å². The number of hydrogen-bond acceptors (Lipinski definition) is 4. The lowest BCUT2D eigenvalue weighted by molar-refractivity contribution is 0.0693. The highest BCUT2D eigenvalue weighted by Gasteiger charge is 2.22. The fraction of sp³-hybridized carbons (Fsp3) is 0.375. The Labute approximate surface area is 94.1 Å². The van der Waals surface area contributed by atoms with Gasteiger partial charge in [0.05, 0.1) is 0 Å². The molecule has 0 aromatic carbocycles. The molecule has 5 nitrogen and oxygen atoms in total. The predicted molar refractivity (Wildman–Crippen MR) is 55.8 cm³/mol. The fourth-order valence-corrected chi connectivity index (χ4v) is 2.70. The number of aromatic carboxylic acids is 1. The highest BCUT2D eigenvalue weighted by atomic mass is 35.5. The molecule has 80 valence electrons. The largest absolute Gasteiger partial charge is 0.477 e. The van der Waals surface area contributed by atoms with E-state index in [0.717, 1.165) is 12.2 Å². The molecule has 7 heteroatoms. The third kappa shape index (κ3) is 1.74. The van der Waals surface area contributed by atoms with Crippen molar-refractivity contribution >= 4 is 29.3 Å². The Balaban J connectivity index is 2.70. The van der Waals surface area contributed by atoms with E-state index in [2.05, 4.69) is 4.98 Å². The molecule has 0 amide bonds. The van der Waals surface area contributed by atoms with Crippen LogP contribution in [0.1, 0.15) is 16.8 Å². The van der Waals surface area contributed by atoms with Gasteiger partial charge in [-0.1, -0.05) is 23.4 Å².